The first-order chi connectivity index (χ1) is 18.0. The molecule has 1 amide bonds. The Morgan fingerprint density at radius 1 is 1.19 bits per heavy atom. The van der Waals surface area contributed by atoms with Gasteiger partial charge in [-0.3, -0.25) is 4.79 Å². The number of rotatable bonds is 11. The summed E-state index contributed by atoms with van der Waals surface area (Å²) in [7, 11) is 0. The first-order valence-corrected chi connectivity index (χ1v) is 11.8. The number of hydrogen-bond donors (Lipinski definition) is 2. The van der Waals surface area contributed by atoms with Crippen LogP contribution in [0.15, 0.2) is 82.9 Å². The number of hydrogen-bond acceptors (Lipinski definition) is 6. The van der Waals surface area contributed by atoms with Crippen LogP contribution in [0.3, 0.4) is 0 Å². The van der Waals surface area contributed by atoms with Crippen molar-refractivity contribution in [3.63, 3.8) is 0 Å². The van der Waals surface area contributed by atoms with Gasteiger partial charge in [-0.05, 0) is 53.1 Å². The molecule has 1 heterocycles. The van der Waals surface area contributed by atoms with Crippen LogP contribution in [0, 0.1) is 5.82 Å². The fourth-order valence-electron chi connectivity index (χ4n) is 3.94. The van der Waals surface area contributed by atoms with Gasteiger partial charge in [-0.2, -0.15) is 0 Å². The van der Waals surface area contributed by atoms with E-state index in [2.05, 4.69) is 15.3 Å². The lowest BCUT2D eigenvalue weighted by atomic mass is 9.90. The number of nitrogens with one attached hydrogen (secondary N) is 1. The molecule has 190 valence electrons. The summed E-state index contributed by atoms with van der Waals surface area (Å²) in [6.07, 6.45) is 0.658. The number of carbonyl (C=O) groups excluding carboxylic acids is 1. The predicted octanol–water partition coefficient (Wildman–Crippen LogP) is 4.60. The fraction of sp³-hybridized carbons (Fsp3) is 0.259. The fourth-order valence-corrected chi connectivity index (χ4v) is 3.94. The van der Waals surface area contributed by atoms with E-state index >= 15 is 0 Å². The molecule has 0 aromatic heterocycles. The van der Waals surface area contributed by atoms with E-state index in [0.717, 1.165) is 0 Å². The number of halogens is 1. The SMILES string of the molecule is [N-]=[N+]=Nc1ccccc1C[C@]1(C(=O)NCc2cccc(F)c2)COC(c2ccc(OCCCO)cc2)=N1. The minimum atomic E-state index is -1.33. The average Bonchev–Trinajstić information content (AvgIpc) is 3.34. The molecule has 0 fully saturated rings. The van der Waals surface area contributed by atoms with Gasteiger partial charge in [0.05, 0.1) is 6.61 Å². The third-order valence-corrected chi connectivity index (χ3v) is 5.83. The van der Waals surface area contributed by atoms with Gasteiger partial charge in [-0.1, -0.05) is 41.5 Å². The van der Waals surface area contributed by atoms with Crippen molar-refractivity contribution in [3.8, 4) is 5.75 Å². The number of aliphatic imine (C=N–C) groups is 1. The highest BCUT2D eigenvalue weighted by Gasteiger charge is 2.44. The van der Waals surface area contributed by atoms with E-state index in [1.807, 2.05) is 0 Å². The Balaban J connectivity index is 1.61. The first-order valence-electron chi connectivity index (χ1n) is 11.8. The van der Waals surface area contributed by atoms with Crippen LogP contribution < -0.4 is 10.1 Å². The molecule has 3 aromatic carbocycles. The van der Waals surface area contributed by atoms with Gasteiger partial charge in [0.15, 0.2) is 5.54 Å². The van der Waals surface area contributed by atoms with E-state index in [1.165, 1.54) is 12.1 Å². The smallest absolute Gasteiger partial charge is 0.252 e. The van der Waals surface area contributed by atoms with Crippen molar-refractivity contribution in [2.45, 2.75) is 24.9 Å². The minimum Gasteiger partial charge on any atom is -0.494 e. The molecule has 1 atom stereocenters. The maximum atomic E-state index is 13.6. The Kier molecular flexibility index (Phi) is 8.35. The normalized spacial score (nSPS) is 16.3. The van der Waals surface area contributed by atoms with E-state index in [9.17, 15) is 9.18 Å². The summed E-state index contributed by atoms with van der Waals surface area (Å²) in [5.41, 5.74) is 9.95. The van der Waals surface area contributed by atoms with Crippen LogP contribution in [0.5, 0.6) is 5.75 Å². The third-order valence-electron chi connectivity index (χ3n) is 5.83. The molecule has 0 spiro atoms. The molecular weight excluding hydrogens is 477 g/mol. The summed E-state index contributed by atoms with van der Waals surface area (Å²) in [6.45, 7) is 0.527. The van der Waals surface area contributed by atoms with Gasteiger partial charge in [-0.25, -0.2) is 9.38 Å². The standard InChI is InChI=1S/C27H26FN5O4/c28-22-7-3-5-19(15-22)17-30-26(35)27(16-21-6-1-2-8-24(21)32-33-29)18-37-25(31-27)20-9-11-23(12-10-20)36-14-4-13-34/h1-3,5-12,15,34H,4,13-14,16-18H2,(H,30,35)/t27-/m1/s1. The van der Waals surface area contributed by atoms with E-state index in [-0.39, 0.29) is 26.2 Å². The second-order valence-electron chi connectivity index (χ2n) is 8.49. The maximum absolute atomic E-state index is 13.6. The summed E-state index contributed by atoms with van der Waals surface area (Å²) in [6, 6.07) is 20.1. The third kappa shape index (κ3) is 6.43. The van der Waals surface area contributed by atoms with Crippen molar-refractivity contribution < 1.29 is 23.8 Å². The quantitative estimate of drug-likeness (QED) is 0.171. The van der Waals surface area contributed by atoms with E-state index in [0.29, 0.717) is 47.1 Å². The summed E-state index contributed by atoms with van der Waals surface area (Å²) >= 11 is 0. The Morgan fingerprint density at radius 2 is 2.00 bits per heavy atom. The van der Waals surface area contributed by atoms with Crippen molar-refractivity contribution in [1.29, 1.82) is 0 Å². The molecule has 4 rings (SSSR count). The Bertz CT molecular complexity index is 1320. The second-order valence-corrected chi connectivity index (χ2v) is 8.49. The molecule has 2 N–H and O–H groups in total. The van der Waals surface area contributed by atoms with Gasteiger partial charge in [0, 0.05) is 42.2 Å². The highest BCUT2D eigenvalue weighted by molar-refractivity contribution is 6.00. The van der Waals surface area contributed by atoms with E-state index < -0.39 is 17.3 Å². The van der Waals surface area contributed by atoms with Gasteiger partial charge in [0.2, 0.25) is 5.90 Å². The molecule has 9 nitrogen and oxygen atoms in total. The van der Waals surface area contributed by atoms with Crippen molar-refractivity contribution in [1.82, 2.24) is 5.32 Å². The zero-order chi connectivity index (χ0) is 26.1. The Hall–Kier alpha value is -4.40. The van der Waals surface area contributed by atoms with Gasteiger partial charge < -0.3 is 19.9 Å². The van der Waals surface area contributed by atoms with Crippen LogP contribution in [0.25, 0.3) is 10.4 Å². The topological polar surface area (TPSA) is 129 Å². The summed E-state index contributed by atoms with van der Waals surface area (Å²) in [5.74, 6) is 0.145. The number of nitrogens with zero attached hydrogens (tertiary/aromatic N) is 4. The van der Waals surface area contributed by atoms with Crippen LogP contribution in [-0.2, 0) is 22.5 Å². The zero-order valence-electron chi connectivity index (χ0n) is 20.0. The van der Waals surface area contributed by atoms with Gasteiger partial charge >= 0.3 is 0 Å². The Labute approximate surface area is 213 Å². The van der Waals surface area contributed by atoms with Crippen molar-refractivity contribution in [2.75, 3.05) is 19.8 Å². The average molecular weight is 504 g/mol. The van der Waals surface area contributed by atoms with Crippen molar-refractivity contribution >= 4 is 17.5 Å². The number of amides is 1. The molecule has 0 radical (unpaired) electrons. The van der Waals surface area contributed by atoms with Gasteiger partial charge in [0.1, 0.15) is 18.2 Å². The molecule has 3 aromatic rings. The lowest BCUT2D eigenvalue weighted by Crippen LogP contribution is -2.48. The summed E-state index contributed by atoms with van der Waals surface area (Å²) in [5, 5.41) is 15.5. The van der Waals surface area contributed by atoms with E-state index in [1.54, 1.807) is 60.7 Å². The number of aliphatic hydroxyl groups excluding tert-OH is 1. The van der Waals surface area contributed by atoms with E-state index in [4.69, 9.17) is 25.1 Å². The molecule has 1 aliphatic heterocycles. The predicted molar refractivity (Wildman–Crippen MR) is 136 cm³/mol. The molecule has 37 heavy (non-hydrogen) atoms. The molecule has 0 saturated heterocycles. The number of azide groups is 1. The lowest BCUT2D eigenvalue weighted by Gasteiger charge is -2.24. The second kappa shape index (κ2) is 12.0. The first kappa shape index (κ1) is 25.7. The van der Waals surface area contributed by atoms with Crippen LogP contribution in [-0.4, -0.2) is 42.3 Å². The zero-order valence-corrected chi connectivity index (χ0v) is 20.0. The molecule has 10 heteroatoms. The minimum absolute atomic E-state index is 0.0311. The number of carbonyl (C=O) groups is 1. The van der Waals surface area contributed by atoms with Crippen molar-refractivity contribution in [3.05, 3.63) is 106 Å². The largest absolute Gasteiger partial charge is 0.494 e. The van der Waals surface area contributed by atoms with Crippen molar-refractivity contribution in [2.24, 2.45) is 10.1 Å². The molecular formula is C27H26FN5O4. The van der Waals surface area contributed by atoms with Gasteiger partial charge in [-0.15, -0.1) is 0 Å². The molecule has 1 aliphatic rings. The van der Waals surface area contributed by atoms with Crippen LogP contribution in [0.1, 0.15) is 23.1 Å². The lowest BCUT2D eigenvalue weighted by molar-refractivity contribution is -0.126. The van der Waals surface area contributed by atoms with Crippen LogP contribution in [0.4, 0.5) is 10.1 Å². The van der Waals surface area contributed by atoms with Crippen LogP contribution >= 0.6 is 0 Å². The van der Waals surface area contributed by atoms with Crippen LogP contribution in [0.2, 0.25) is 0 Å². The highest BCUT2D eigenvalue weighted by Crippen LogP contribution is 2.31. The number of aliphatic hydroxyl groups is 1. The summed E-state index contributed by atoms with van der Waals surface area (Å²) < 4.78 is 25.1. The molecule has 0 unspecified atom stereocenters. The Morgan fingerprint density at radius 3 is 2.76 bits per heavy atom. The molecule has 0 aliphatic carbocycles. The monoisotopic (exact) mass is 503 g/mol. The summed E-state index contributed by atoms with van der Waals surface area (Å²) in [4.78, 5) is 21.1. The number of ether oxygens (including phenoxy) is 2. The maximum Gasteiger partial charge on any atom is 0.252 e. The highest BCUT2D eigenvalue weighted by atomic mass is 19.1. The van der Waals surface area contributed by atoms with Gasteiger partial charge in [0.25, 0.3) is 5.91 Å². The number of benzene rings is 3. The molecule has 0 saturated carbocycles. The molecule has 0 bridgehead atoms.